The Hall–Kier alpha value is -2.38. The lowest BCUT2D eigenvalue weighted by Gasteiger charge is -2.53. The zero-order valence-corrected chi connectivity index (χ0v) is 26.6. The molecule has 0 radical (unpaired) electrons. The molecule has 4 fully saturated rings. The first-order chi connectivity index (χ1) is 21.6. The first-order valence-corrected chi connectivity index (χ1v) is 16.8. The number of carbonyl (C=O) groups excluding carboxylic acids is 4. The summed E-state index contributed by atoms with van der Waals surface area (Å²) in [6.45, 7) is 6.50. The molecule has 6 rings (SSSR count). The van der Waals surface area contributed by atoms with Crippen molar-refractivity contribution in [1.82, 2.24) is 10.6 Å². The summed E-state index contributed by atoms with van der Waals surface area (Å²) in [5, 5.41) is 17.0. The molecule has 4 aliphatic carbocycles. The van der Waals surface area contributed by atoms with Gasteiger partial charge in [-0.3, -0.25) is 14.4 Å². The van der Waals surface area contributed by atoms with Gasteiger partial charge >= 0.3 is 6.09 Å². The average Bonchev–Trinajstić information content (AvgIpc) is 3.90. The number of carbonyl (C=O) groups is 4. The maximum Gasteiger partial charge on any atom is 0.407 e. The Labute approximate surface area is 264 Å². The molecular formula is C33H48N2O10. The molecule has 0 bridgehead atoms. The van der Waals surface area contributed by atoms with Crippen molar-refractivity contribution in [2.75, 3.05) is 46.1 Å². The van der Waals surface area contributed by atoms with E-state index in [2.05, 4.69) is 17.6 Å². The van der Waals surface area contributed by atoms with Crippen molar-refractivity contribution in [3.63, 3.8) is 0 Å². The number of fused-ring (bicyclic) bond motifs is 2. The van der Waals surface area contributed by atoms with E-state index in [1.807, 2.05) is 6.92 Å². The van der Waals surface area contributed by atoms with E-state index in [-0.39, 0.29) is 67.0 Å². The number of rotatable bonds is 16. The molecule has 2 saturated heterocycles. The van der Waals surface area contributed by atoms with Gasteiger partial charge < -0.3 is 39.4 Å². The summed E-state index contributed by atoms with van der Waals surface area (Å²) in [5.41, 5.74) is -1.52. The van der Waals surface area contributed by atoms with Gasteiger partial charge in [-0.05, 0) is 56.4 Å². The maximum atomic E-state index is 14.0. The summed E-state index contributed by atoms with van der Waals surface area (Å²) in [7, 11) is 0. The molecule has 2 spiro atoms. The smallest absolute Gasteiger partial charge is 0.407 e. The van der Waals surface area contributed by atoms with Gasteiger partial charge in [0.2, 0.25) is 11.7 Å². The largest absolute Gasteiger partial charge is 0.450 e. The van der Waals surface area contributed by atoms with Gasteiger partial charge in [0.1, 0.15) is 11.2 Å². The number of nitrogens with one attached hydrogen (secondary N) is 2. The van der Waals surface area contributed by atoms with Crippen molar-refractivity contribution in [2.24, 2.45) is 11.3 Å². The molecule has 7 unspecified atom stereocenters. The SMILES string of the molecule is CCCCC(=O)NCCOCCOCCNC(=O)OCCCC1(O)CC2OC23C2(C)CCC4=C(CCC4=O)C2CC2OC23C1=O. The van der Waals surface area contributed by atoms with E-state index in [9.17, 15) is 24.3 Å². The lowest BCUT2D eigenvalue weighted by atomic mass is 9.47. The van der Waals surface area contributed by atoms with Crippen LogP contribution in [0.15, 0.2) is 11.1 Å². The third-order valence-corrected chi connectivity index (χ3v) is 11.2. The van der Waals surface area contributed by atoms with E-state index in [1.165, 1.54) is 5.57 Å². The highest BCUT2D eigenvalue weighted by molar-refractivity contribution is 6.02. The summed E-state index contributed by atoms with van der Waals surface area (Å²) >= 11 is 0. The molecule has 0 aromatic carbocycles. The highest BCUT2D eigenvalue weighted by atomic mass is 16.7. The van der Waals surface area contributed by atoms with Gasteiger partial charge in [0, 0.05) is 37.8 Å². The standard InChI is InChI=1S/C33H48N2O10/c1-3-4-6-27(37)34-12-15-41-17-18-42-16-13-35-29(39)43-14-5-10-31(40)20-26-33(45-26)30(2)11-9-22-21(7-8-24(22)36)23(30)19-25-32(33,44-25)28(31)38/h23,25-26,40H,3-20H2,1-2H3,(H,34,37)(H,35,39). The molecule has 2 heterocycles. The van der Waals surface area contributed by atoms with Crippen LogP contribution in [0.4, 0.5) is 4.79 Å². The van der Waals surface area contributed by atoms with Gasteiger partial charge in [0.15, 0.2) is 11.4 Å². The molecule has 12 nitrogen and oxygen atoms in total. The summed E-state index contributed by atoms with van der Waals surface area (Å²) in [4.78, 5) is 50.1. The molecule has 6 aliphatic rings. The van der Waals surface area contributed by atoms with Gasteiger partial charge in [-0.25, -0.2) is 4.79 Å². The minimum Gasteiger partial charge on any atom is -0.450 e. The molecule has 2 aliphatic heterocycles. The number of hydrogen-bond acceptors (Lipinski definition) is 10. The third-order valence-electron chi connectivity index (χ3n) is 11.2. The first-order valence-electron chi connectivity index (χ1n) is 16.8. The first kappa shape index (κ1) is 32.6. The van der Waals surface area contributed by atoms with Gasteiger partial charge in [-0.1, -0.05) is 25.8 Å². The van der Waals surface area contributed by atoms with Gasteiger partial charge in [-0.2, -0.15) is 0 Å². The van der Waals surface area contributed by atoms with E-state index in [4.69, 9.17) is 23.7 Å². The van der Waals surface area contributed by atoms with Crippen LogP contribution in [0.1, 0.15) is 84.5 Å². The Kier molecular flexibility index (Phi) is 9.17. The van der Waals surface area contributed by atoms with Crippen LogP contribution in [0.3, 0.4) is 0 Å². The van der Waals surface area contributed by atoms with E-state index in [1.54, 1.807) is 0 Å². The second kappa shape index (κ2) is 12.7. The number of amides is 2. The molecule has 2 saturated carbocycles. The van der Waals surface area contributed by atoms with Crippen LogP contribution < -0.4 is 10.6 Å². The summed E-state index contributed by atoms with van der Waals surface area (Å²) in [6.07, 6.45) is 5.48. The van der Waals surface area contributed by atoms with Crippen LogP contribution in [-0.4, -0.2) is 104 Å². The van der Waals surface area contributed by atoms with E-state index in [0.717, 1.165) is 37.7 Å². The van der Waals surface area contributed by atoms with Crippen molar-refractivity contribution >= 4 is 23.6 Å². The summed E-state index contributed by atoms with van der Waals surface area (Å²) < 4.78 is 28.8. The zero-order valence-electron chi connectivity index (χ0n) is 26.6. The molecule has 0 aromatic heterocycles. The number of hydrogen-bond donors (Lipinski definition) is 3. The predicted octanol–water partition coefficient (Wildman–Crippen LogP) is 2.29. The predicted molar refractivity (Wildman–Crippen MR) is 159 cm³/mol. The fourth-order valence-corrected chi connectivity index (χ4v) is 8.92. The van der Waals surface area contributed by atoms with Crippen molar-refractivity contribution in [2.45, 2.75) is 113 Å². The lowest BCUT2D eigenvalue weighted by molar-refractivity contribution is -0.155. The van der Waals surface area contributed by atoms with Gasteiger partial charge in [0.25, 0.3) is 0 Å². The van der Waals surface area contributed by atoms with Crippen LogP contribution in [0.2, 0.25) is 0 Å². The quantitative estimate of drug-likeness (QED) is 0.170. The van der Waals surface area contributed by atoms with Crippen molar-refractivity contribution in [3.8, 4) is 0 Å². The van der Waals surface area contributed by atoms with E-state index < -0.39 is 22.9 Å². The van der Waals surface area contributed by atoms with E-state index in [0.29, 0.717) is 58.7 Å². The molecule has 250 valence electrons. The number of unbranched alkanes of at least 4 members (excludes halogenated alkanes) is 1. The highest BCUT2D eigenvalue weighted by Crippen LogP contribution is 2.79. The Morgan fingerprint density at radius 2 is 1.71 bits per heavy atom. The van der Waals surface area contributed by atoms with Crippen molar-refractivity contribution in [3.05, 3.63) is 11.1 Å². The minimum absolute atomic E-state index is 0.0372. The Morgan fingerprint density at radius 3 is 2.47 bits per heavy atom. The number of Topliss-reactive ketones (excluding diaryl/α,β-unsaturated/α-hetero) is 2. The number of allylic oxidation sites excluding steroid dienone is 2. The monoisotopic (exact) mass is 632 g/mol. The number of ether oxygens (including phenoxy) is 5. The third kappa shape index (κ3) is 5.54. The zero-order chi connectivity index (χ0) is 31.9. The minimum atomic E-state index is -1.60. The average molecular weight is 633 g/mol. The lowest BCUT2D eigenvalue weighted by Crippen LogP contribution is -2.68. The van der Waals surface area contributed by atoms with Crippen LogP contribution in [-0.2, 0) is 38.1 Å². The Bertz CT molecular complexity index is 1240. The Morgan fingerprint density at radius 1 is 0.956 bits per heavy atom. The van der Waals surface area contributed by atoms with Crippen LogP contribution in [0, 0.1) is 11.3 Å². The molecular weight excluding hydrogens is 584 g/mol. The second-order valence-corrected chi connectivity index (χ2v) is 13.7. The fourth-order valence-electron chi connectivity index (χ4n) is 8.92. The van der Waals surface area contributed by atoms with Crippen molar-refractivity contribution in [1.29, 1.82) is 0 Å². The highest BCUT2D eigenvalue weighted by Gasteiger charge is 2.94. The number of alkyl carbamates (subject to hydrolysis) is 1. The number of ketones is 2. The molecule has 12 heteroatoms. The topological polar surface area (TPSA) is 165 Å². The molecule has 7 atom stereocenters. The second-order valence-electron chi connectivity index (χ2n) is 13.7. The molecule has 0 aromatic rings. The number of aliphatic hydroxyl groups is 1. The van der Waals surface area contributed by atoms with Crippen molar-refractivity contribution < 1.29 is 48.0 Å². The van der Waals surface area contributed by atoms with E-state index >= 15 is 0 Å². The van der Waals surface area contributed by atoms with Crippen LogP contribution in [0.5, 0.6) is 0 Å². The number of epoxide rings is 2. The molecule has 3 N–H and O–H groups in total. The molecule has 2 amide bonds. The summed E-state index contributed by atoms with van der Waals surface area (Å²) in [6, 6.07) is 0. The normalized spacial score (nSPS) is 37.2. The Balaban J connectivity index is 0.875. The van der Waals surface area contributed by atoms with Crippen LogP contribution in [0.25, 0.3) is 0 Å². The summed E-state index contributed by atoms with van der Waals surface area (Å²) in [5.74, 6) is 0.181. The van der Waals surface area contributed by atoms with Crippen LogP contribution >= 0.6 is 0 Å². The maximum absolute atomic E-state index is 14.0. The molecule has 45 heavy (non-hydrogen) atoms. The van der Waals surface area contributed by atoms with Gasteiger partial charge in [-0.15, -0.1) is 0 Å². The van der Waals surface area contributed by atoms with Gasteiger partial charge in [0.05, 0.1) is 45.2 Å². The fraction of sp³-hybridized carbons (Fsp3) is 0.818.